The lowest BCUT2D eigenvalue weighted by atomic mass is 10.3. The van der Waals surface area contributed by atoms with E-state index in [4.69, 9.17) is 9.84 Å². The fourth-order valence-corrected chi connectivity index (χ4v) is 1.70. The van der Waals surface area contributed by atoms with Crippen LogP contribution < -0.4 is 0 Å². The minimum atomic E-state index is -0.952. The summed E-state index contributed by atoms with van der Waals surface area (Å²) in [5, 5.41) is 9.50. The van der Waals surface area contributed by atoms with Crippen LogP contribution in [0.2, 0.25) is 0 Å². The maximum absolute atomic E-state index is 10.6. The molecule has 0 saturated heterocycles. The van der Waals surface area contributed by atoms with Crippen LogP contribution in [0.15, 0.2) is 23.4 Å². The number of carboxylic acids is 1. The van der Waals surface area contributed by atoms with E-state index >= 15 is 0 Å². The van der Waals surface area contributed by atoms with Crippen LogP contribution in [-0.2, 0) is 4.74 Å². The summed E-state index contributed by atoms with van der Waals surface area (Å²) in [6.45, 7) is 4.65. The van der Waals surface area contributed by atoms with Gasteiger partial charge in [0.05, 0.1) is 23.3 Å². The topological polar surface area (TPSA) is 59.4 Å². The lowest BCUT2D eigenvalue weighted by Crippen LogP contribution is -2.05. The zero-order valence-electron chi connectivity index (χ0n) is 9.34. The maximum Gasteiger partial charge on any atom is 0.337 e. The number of aromatic carboxylic acids is 1. The fourth-order valence-electron chi connectivity index (χ4n) is 1.02. The van der Waals surface area contributed by atoms with Crippen LogP contribution in [0.3, 0.4) is 0 Å². The van der Waals surface area contributed by atoms with E-state index < -0.39 is 5.97 Å². The molecule has 0 atom stereocenters. The van der Waals surface area contributed by atoms with Gasteiger partial charge >= 0.3 is 5.97 Å². The standard InChI is InChI=1S/C11H15NO3S/c1-8(2)15-5-6-16-10-4-3-9(7-12-10)11(13)14/h3-4,7-8H,5-6H2,1-2H3,(H,13,14). The summed E-state index contributed by atoms with van der Waals surface area (Å²) in [5.41, 5.74) is 0.211. The first-order valence-corrected chi connectivity index (χ1v) is 6.02. The molecule has 0 saturated carbocycles. The molecule has 4 nitrogen and oxygen atoms in total. The van der Waals surface area contributed by atoms with E-state index in [0.29, 0.717) is 6.61 Å². The van der Waals surface area contributed by atoms with Crippen LogP contribution in [0.25, 0.3) is 0 Å². The van der Waals surface area contributed by atoms with Crippen LogP contribution >= 0.6 is 11.8 Å². The predicted octanol–water partition coefficient (Wildman–Crippen LogP) is 2.30. The smallest absolute Gasteiger partial charge is 0.337 e. The molecule has 88 valence electrons. The molecule has 0 fully saturated rings. The van der Waals surface area contributed by atoms with Gasteiger partial charge in [0.2, 0.25) is 0 Å². The summed E-state index contributed by atoms with van der Waals surface area (Å²) >= 11 is 1.55. The van der Waals surface area contributed by atoms with Crippen molar-refractivity contribution in [2.75, 3.05) is 12.4 Å². The van der Waals surface area contributed by atoms with E-state index in [2.05, 4.69) is 4.98 Å². The largest absolute Gasteiger partial charge is 0.478 e. The van der Waals surface area contributed by atoms with E-state index in [-0.39, 0.29) is 11.7 Å². The third-order valence-corrected chi connectivity index (χ3v) is 2.68. The van der Waals surface area contributed by atoms with Crippen LogP contribution in [0.1, 0.15) is 24.2 Å². The third-order valence-electron chi connectivity index (χ3n) is 1.77. The summed E-state index contributed by atoms with van der Waals surface area (Å²) in [4.78, 5) is 14.6. The highest BCUT2D eigenvalue weighted by molar-refractivity contribution is 7.99. The first-order valence-electron chi connectivity index (χ1n) is 5.03. The van der Waals surface area contributed by atoms with Crippen LogP contribution in [0.4, 0.5) is 0 Å². The van der Waals surface area contributed by atoms with Crippen LogP contribution in [0, 0.1) is 0 Å². The lowest BCUT2D eigenvalue weighted by molar-refractivity contribution is 0.0696. The highest BCUT2D eigenvalue weighted by Gasteiger charge is 2.03. The number of aromatic nitrogens is 1. The van der Waals surface area contributed by atoms with Crippen molar-refractivity contribution in [1.29, 1.82) is 0 Å². The minimum absolute atomic E-state index is 0.211. The average Bonchev–Trinajstić information content (AvgIpc) is 2.25. The van der Waals surface area contributed by atoms with E-state index in [0.717, 1.165) is 10.8 Å². The predicted molar refractivity (Wildman–Crippen MR) is 63.0 cm³/mol. The normalized spacial score (nSPS) is 10.7. The minimum Gasteiger partial charge on any atom is -0.478 e. The Morgan fingerprint density at radius 1 is 1.56 bits per heavy atom. The summed E-state index contributed by atoms with van der Waals surface area (Å²) in [6, 6.07) is 3.27. The molecule has 0 spiro atoms. The van der Waals surface area contributed by atoms with Crippen molar-refractivity contribution >= 4 is 17.7 Å². The van der Waals surface area contributed by atoms with E-state index in [1.165, 1.54) is 6.20 Å². The van der Waals surface area contributed by atoms with Gasteiger partial charge in [-0.05, 0) is 26.0 Å². The second kappa shape index (κ2) is 6.50. The SMILES string of the molecule is CC(C)OCCSc1ccc(C(=O)O)cn1. The van der Waals surface area contributed by atoms with Crippen molar-refractivity contribution in [2.45, 2.75) is 25.0 Å². The van der Waals surface area contributed by atoms with Gasteiger partial charge < -0.3 is 9.84 Å². The Kier molecular flexibility index (Phi) is 5.28. The van der Waals surface area contributed by atoms with Gasteiger partial charge in [0.25, 0.3) is 0 Å². The Bertz CT molecular complexity index is 338. The molecule has 5 heteroatoms. The van der Waals surface area contributed by atoms with Gasteiger partial charge in [0.15, 0.2) is 0 Å². The van der Waals surface area contributed by atoms with Gasteiger partial charge in [-0.15, -0.1) is 11.8 Å². The van der Waals surface area contributed by atoms with Gasteiger partial charge in [-0.25, -0.2) is 9.78 Å². The van der Waals surface area contributed by atoms with Crippen molar-refractivity contribution in [1.82, 2.24) is 4.98 Å². The molecule has 16 heavy (non-hydrogen) atoms. The summed E-state index contributed by atoms with van der Waals surface area (Å²) in [6.07, 6.45) is 1.61. The summed E-state index contributed by atoms with van der Waals surface area (Å²) < 4.78 is 5.38. The number of rotatable bonds is 6. The third kappa shape index (κ3) is 4.63. The van der Waals surface area contributed by atoms with Crippen LogP contribution in [0.5, 0.6) is 0 Å². The van der Waals surface area contributed by atoms with Crippen molar-refractivity contribution in [2.24, 2.45) is 0 Å². The molecule has 0 radical (unpaired) electrons. The van der Waals surface area contributed by atoms with Crippen molar-refractivity contribution in [3.05, 3.63) is 23.9 Å². The number of hydrogen-bond donors (Lipinski definition) is 1. The second-order valence-electron chi connectivity index (χ2n) is 3.46. The number of hydrogen-bond acceptors (Lipinski definition) is 4. The molecule has 0 aliphatic heterocycles. The molecule has 0 aromatic carbocycles. The molecule has 0 bridgehead atoms. The van der Waals surface area contributed by atoms with Gasteiger partial charge in [0.1, 0.15) is 0 Å². The molecule has 1 rings (SSSR count). The Morgan fingerprint density at radius 2 is 2.31 bits per heavy atom. The highest BCUT2D eigenvalue weighted by atomic mass is 32.2. The van der Waals surface area contributed by atoms with Gasteiger partial charge in [0, 0.05) is 11.9 Å². The van der Waals surface area contributed by atoms with Crippen molar-refractivity contribution < 1.29 is 14.6 Å². The Morgan fingerprint density at radius 3 is 2.81 bits per heavy atom. The summed E-state index contributed by atoms with van der Waals surface area (Å²) in [7, 11) is 0. The number of carboxylic acid groups (broad SMARTS) is 1. The van der Waals surface area contributed by atoms with E-state index in [1.807, 2.05) is 13.8 Å². The van der Waals surface area contributed by atoms with Crippen LogP contribution in [-0.4, -0.2) is 34.5 Å². The van der Waals surface area contributed by atoms with Gasteiger partial charge in [-0.1, -0.05) is 0 Å². The first-order chi connectivity index (χ1) is 7.59. The molecule has 1 aromatic heterocycles. The lowest BCUT2D eigenvalue weighted by Gasteiger charge is -2.06. The van der Waals surface area contributed by atoms with E-state index in [9.17, 15) is 4.79 Å². The Hall–Kier alpha value is -1.07. The Balaban J connectivity index is 2.35. The molecular weight excluding hydrogens is 226 g/mol. The highest BCUT2D eigenvalue weighted by Crippen LogP contribution is 2.15. The zero-order chi connectivity index (χ0) is 12.0. The average molecular weight is 241 g/mol. The first kappa shape index (κ1) is 13.0. The molecule has 0 unspecified atom stereocenters. The molecule has 0 aliphatic rings. The Labute approximate surface area is 99.0 Å². The summed E-state index contributed by atoms with van der Waals surface area (Å²) in [5.74, 6) is -0.135. The number of carbonyl (C=O) groups is 1. The van der Waals surface area contributed by atoms with Crippen molar-refractivity contribution in [3.63, 3.8) is 0 Å². The second-order valence-corrected chi connectivity index (χ2v) is 4.57. The number of pyridine rings is 1. The molecule has 1 N–H and O–H groups in total. The number of ether oxygens (including phenoxy) is 1. The maximum atomic E-state index is 10.6. The zero-order valence-corrected chi connectivity index (χ0v) is 10.2. The van der Waals surface area contributed by atoms with Gasteiger partial charge in [-0.3, -0.25) is 0 Å². The molecular formula is C11H15NO3S. The molecule has 1 heterocycles. The van der Waals surface area contributed by atoms with Gasteiger partial charge in [-0.2, -0.15) is 0 Å². The molecule has 0 aliphatic carbocycles. The monoisotopic (exact) mass is 241 g/mol. The number of thioether (sulfide) groups is 1. The number of nitrogens with zero attached hydrogens (tertiary/aromatic N) is 1. The molecule has 0 amide bonds. The molecule has 1 aromatic rings. The van der Waals surface area contributed by atoms with Crippen molar-refractivity contribution in [3.8, 4) is 0 Å². The van der Waals surface area contributed by atoms with E-state index in [1.54, 1.807) is 23.9 Å². The fraction of sp³-hybridized carbons (Fsp3) is 0.455. The quantitative estimate of drug-likeness (QED) is 0.611.